The summed E-state index contributed by atoms with van der Waals surface area (Å²) in [6.07, 6.45) is 3.27. The van der Waals surface area contributed by atoms with E-state index in [1.807, 2.05) is 36.4 Å². The normalized spacial score (nSPS) is 28.4. The Kier molecular flexibility index (Phi) is 2.77. The van der Waals surface area contributed by atoms with E-state index in [-0.39, 0.29) is 17.7 Å². The topological polar surface area (TPSA) is 43.4 Å². The second-order valence-electron chi connectivity index (χ2n) is 5.18. The molecule has 98 valence electrons. The van der Waals surface area contributed by atoms with Crippen LogP contribution in [0.1, 0.15) is 25.3 Å². The van der Waals surface area contributed by atoms with Crippen molar-refractivity contribution in [3.8, 4) is 0 Å². The molecule has 1 aromatic carbocycles. The van der Waals surface area contributed by atoms with Crippen LogP contribution in [-0.2, 0) is 14.3 Å². The van der Waals surface area contributed by atoms with Gasteiger partial charge >= 0.3 is 5.97 Å². The fourth-order valence-corrected chi connectivity index (χ4v) is 2.94. The van der Waals surface area contributed by atoms with Crippen molar-refractivity contribution in [3.63, 3.8) is 0 Å². The van der Waals surface area contributed by atoms with Crippen LogP contribution in [0.2, 0.25) is 0 Å². The summed E-state index contributed by atoms with van der Waals surface area (Å²) >= 11 is 0. The van der Waals surface area contributed by atoms with Crippen molar-refractivity contribution in [1.29, 1.82) is 0 Å². The predicted octanol–water partition coefficient (Wildman–Crippen LogP) is 2.61. The second kappa shape index (κ2) is 4.34. The van der Waals surface area contributed by atoms with Gasteiger partial charge in [-0.25, -0.2) is 0 Å². The van der Waals surface area contributed by atoms with E-state index in [9.17, 15) is 9.59 Å². The predicted molar refractivity (Wildman–Crippen MR) is 71.2 cm³/mol. The Morgan fingerprint density at radius 2 is 2.11 bits per heavy atom. The first-order valence-corrected chi connectivity index (χ1v) is 6.66. The van der Waals surface area contributed by atoms with E-state index < -0.39 is 5.41 Å². The maximum Gasteiger partial charge on any atom is 0.310 e. The molecule has 1 saturated carbocycles. The van der Waals surface area contributed by atoms with Crippen molar-refractivity contribution >= 4 is 17.3 Å². The zero-order chi connectivity index (χ0) is 13.5. The number of benzene rings is 1. The molecule has 0 N–H and O–H groups in total. The Morgan fingerprint density at radius 3 is 2.79 bits per heavy atom. The van der Waals surface area contributed by atoms with Crippen molar-refractivity contribution < 1.29 is 14.3 Å². The van der Waals surface area contributed by atoms with Crippen LogP contribution >= 0.6 is 0 Å². The number of ketones is 1. The van der Waals surface area contributed by atoms with Gasteiger partial charge in [0, 0.05) is 5.57 Å². The van der Waals surface area contributed by atoms with Crippen molar-refractivity contribution in [2.24, 2.45) is 11.3 Å². The summed E-state index contributed by atoms with van der Waals surface area (Å²) in [4.78, 5) is 24.3. The van der Waals surface area contributed by atoms with E-state index in [4.69, 9.17) is 4.74 Å². The van der Waals surface area contributed by atoms with Gasteiger partial charge in [0.05, 0.1) is 17.9 Å². The van der Waals surface area contributed by atoms with Crippen molar-refractivity contribution in [2.75, 3.05) is 6.61 Å². The van der Waals surface area contributed by atoms with Gasteiger partial charge < -0.3 is 4.74 Å². The molecule has 3 heteroatoms. The van der Waals surface area contributed by atoms with Crippen LogP contribution in [-0.4, -0.2) is 18.4 Å². The van der Waals surface area contributed by atoms with Gasteiger partial charge in [0.15, 0.2) is 5.78 Å². The third kappa shape index (κ3) is 1.81. The summed E-state index contributed by atoms with van der Waals surface area (Å²) in [6, 6.07) is 9.64. The molecule has 2 aliphatic rings. The van der Waals surface area contributed by atoms with Crippen LogP contribution in [0.4, 0.5) is 0 Å². The third-order valence-corrected chi connectivity index (χ3v) is 4.10. The molecule has 0 radical (unpaired) electrons. The quantitative estimate of drug-likeness (QED) is 0.781. The van der Waals surface area contributed by atoms with Crippen molar-refractivity contribution in [1.82, 2.24) is 0 Å². The van der Waals surface area contributed by atoms with Crippen LogP contribution < -0.4 is 0 Å². The molecule has 0 saturated heterocycles. The van der Waals surface area contributed by atoms with Crippen molar-refractivity contribution in [2.45, 2.75) is 19.8 Å². The van der Waals surface area contributed by atoms with Crippen LogP contribution in [0.5, 0.6) is 0 Å². The molecule has 0 aromatic heterocycles. The first-order chi connectivity index (χ1) is 9.19. The fraction of sp³-hybridized carbons (Fsp3) is 0.375. The van der Waals surface area contributed by atoms with E-state index in [0.29, 0.717) is 19.4 Å². The highest BCUT2D eigenvalue weighted by Crippen LogP contribution is 2.61. The molecule has 2 atom stereocenters. The van der Waals surface area contributed by atoms with E-state index in [1.54, 1.807) is 6.92 Å². The van der Waals surface area contributed by atoms with Crippen LogP contribution in [0.25, 0.3) is 5.57 Å². The summed E-state index contributed by atoms with van der Waals surface area (Å²) in [5, 5.41) is 0. The number of ether oxygens (including phenoxy) is 1. The smallest absolute Gasteiger partial charge is 0.310 e. The standard InChI is InChI=1S/C16H16O3/c1-2-19-15(18)13-10-16(13)9-8-12(14(16)17)11-6-4-3-5-7-11/h3-8,13H,2,9-10H2,1H3/t13-,16-/m1/s1. The molecule has 0 heterocycles. The fourth-order valence-electron chi connectivity index (χ4n) is 2.94. The maximum atomic E-state index is 12.5. The minimum Gasteiger partial charge on any atom is -0.466 e. The molecule has 19 heavy (non-hydrogen) atoms. The Bertz CT molecular complexity index is 559. The van der Waals surface area contributed by atoms with Crippen LogP contribution in [0.3, 0.4) is 0 Å². The molecule has 1 fully saturated rings. The Balaban J connectivity index is 1.78. The number of allylic oxidation sites excluding steroid dienone is 2. The number of esters is 1. The number of carbonyl (C=O) groups excluding carboxylic acids is 2. The lowest BCUT2D eigenvalue weighted by molar-refractivity contribution is -0.146. The van der Waals surface area contributed by atoms with E-state index in [2.05, 4.69) is 0 Å². The zero-order valence-electron chi connectivity index (χ0n) is 10.9. The molecule has 1 spiro atoms. The zero-order valence-corrected chi connectivity index (χ0v) is 10.9. The lowest BCUT2D eigenvalue weighted by Crippen LogP contribution is -2.19. The Morgan fingerprint density at radius 1 is 1.37 bits per heavy atom. The Labute approximate surface area is 112 Å². The van der Waals surface area contributed by atoms with Crippen LogP contribution in [0.15, 0.2) is 36.4 Å². The largest absolute Gasteiger partial charge is 0.466 e. The summed E-state index contributed by atoms with van der Waals surface area (Å²) in [7, 11) is 0. The summed E-state index contributed by atoms with van der Waals surface area (Å²) in [5.41, 5.74) is 1.21. The highest BCUT2D eigenvalue weighted by atomic mass is 16.5. The van der Waals surface area contributed by atoms with Crippen molar-refractivity contribution in [3.05, 3.63) is 42.0 Å². The average Bonchev–Trinajstić information content (AvgIpc) is 3.07. The van der Waals surface area contributed by atoms with E-state index >= 15 is 0 Å². The lowest BCUT2D eigenvalue weighted by Gasteiger charge is -2.08. The first-order valence-electron chi connectivity index (χ1n) is 6.66. The minimum atomic E-state index is -0.489. The lowest BCUT2D eigenvalue weighted by atomic mass is 9.94. The molecule has 0 bridgehead atoms. The maximum absolute atomic E-state index is 12.5. The molecular weight excluding hydrogens is 240 g/mol. The minimum absolute atomic E-state index is 0.108. The van der Waals surface area contributed by atoms with Gasteiger partial charge in [0.2, 0.25) is 0 Å². The van der Waals surface area contributed by atoms with E-state index in [1.165, 1.54) is 0 Å². The summed E-state index contributed by atoms with van der Waals surface area (Å²) < 4.78 is 5.03. The Hall–Kier alpha value is -1.90. The highest BCUT2D eigenvalue weighted by molar-refractivity contribution is 6.27. The number of carbonyl (C=O) groups is 2. The number of rotatable bonds is 3. The van der Waals surface area contributed by atoms with E-state index in [0.717, 1.165) is 11.1 Å². The van der Waals surface area contributed by atoms with Crippen LogP contribution in [0, 0.1) is 11.3 Å². The number of hydrogen-bond acceptors (Lipinski definition) is 3. The van der Waals surface area contributed by atoms with Gasteiger partial charge in [0.1, 0.15) is 0 Å². The molecule has 3 nitrogen and oxygen atoms in total. The van der Waals surface area contributed by atoms with Gasteiger partial charge in [-0.3, -0.25) is 9.59 Å². The SMILES string of the molecule is CCOC(=O)[C@H]1C[C@]12CC=C(c1ccccc1)C2=O. The summed E-state index contributed by atoms with van der Waals surface area (Å²) in [6.45, 7) is 2.16. The molecule has 0 unspecified atom stereocenters. The van der Waals surface area contributed by atoms with Gasteiger partial charge in [-0.2, -0.15) is 0 Å². The third-order valence-electron chi connectivity index (χ3n) is 4.10. The molecule has 0 aliphatic heterocycles. The van der Waals surface area contributed by atoms with Gasteiger partial charge in [-0.15, -0.1) is 0 Å². The molecular formula is C16H16O3. The number of hydrogen-bond donors (Lipinski definition) is 0. The van der Waals surface area contributed by atoms with Gasteiger partial charge in [-0.1, -0.05) is 36.4 Å². The second-order valence-corrected chi connectivity index (χ2v) is 5.18. The monoisotopic (exact) mass is 256 g/mol. The first kappa shape index (κ1) is 12.2. The number of Topliss-reactive ketones (excluding diaryl/α,β-unsaturated/α-hetero) is 1. The molecule has 0 amide bonds. The highest BCUT2D eigenvalue weighted by Gasteiger charge is 2.65. The average molecular weight is 256 g/mol. The van der Waals surface area contributed by atoms with Gasteiger partial charge in [-0.05, 0) is 25.3 Å². The van der Waals surface area contributed by atoms with Gasteiger partial charge in [0.25, 0.3) is 0 Å². The summed E-state index contributed by atoms with van der Waals surface area (Å²) in [5.74, 6) is -0.354. The molecule has 2 aliphatic carbocycles. The molecule has 3 rings (SSSR count). The molecule has 1 aromatic rings.